The molecule has 1 aliphatic rings. The van der Waals surface area contributed by atoms with Gasteiger partial charge in [-0.1, -0.05) is 18.2 Å². The van der Waals surface area contributed by atoms with Crippen LogP contribution in [0.5, 0.6) is 0 Å². The third-order valence-corrected chi connectivity index (χ3v) is 5.00. The van der Waals surface area contributed by atoms with Gasteiger partial charge in [0, 0.05) is 43.1 Å². The Morgan fingerprint density at radius 1 is 1.25 bits per heavy atom. The maximum absolute atomic E-state index is 13.5. The quantitative estimate of drug-likeness (QED) is 0.726. The van der Waals surface area contributed by atoms with Crippen LogP contribution >= 0.6 is 0 Å². The molecule has 1 atom stereocenters. The molecule has 1 aliphatic heterocycles. The summed E-state index contributed by atoms with van der Waals surface area (Å²) >= 11 is 0. The molecule has 0 unspecified atom stereocenters. The van der Waals surface area contributed by atoms with Crippen LogP contribution in [-0.4, -0.2) is 38.0 Å². The van der Waals surface area contributed by atoms with Crippen molar-refractivity contribution in [2.45, 2.75) is 31.7 Å². The first-order valence-electron chi connectivity index (χ1n) is 9.01. The number of hydrogen-bond donors (Lipinski definition) is 1. The smallest absolute Gasteiger partial charge is 0.343 e. The van der Waals surface area contributed by atoms with Gasteiger partial charge in [0.2, 0.25) is 0 Å². The van der Waals surface area contributed by atoms with E-state index >= 15 is 0 Å². The van der Waals surface area contributed by atoms with E-state index in [1.807, 2.05) is 30.3 Å². The predicted octanol–water partition coefficient (Wildman–Crippen LogP) is 3.59. The molecule has 0 saturated carbocycles. The minimum atomic E-state index is -4.61. The zero-order valence-electron chi connectivity index (χ0n) is 15.3. The second-order valence-electron chi connectivity index (χ2n) is 6.99. The van der Waals surface area contributed by atoms with Crippen LogP contribution in [0.3, 0.4) is 0 Å². The standard InChI is InChI=1S/C19H20F3N5O/c1-25-11-14(10-23-25)17(19(20,21)22)24-18(28)26-7-4-8-27-15(12-26)9-13-5-2-3-6-16(13)27/h2-3,5-6,9-11,17H,4,7-8,12H2,1H3,(H,24,28)/t17-/m1/s1. The Morgan fingerprint density at radius 3 is 2.75 bits per heavy atom. The Balaban J connectivity index is 1.57. The lowest BCUT2D eigenvalue weighted by Gasteiger charge is -2.26. The van der Waals surface area contributed by atoms with Crippen molar-refractivity contribution in [1.82, 2.24) is 24.6 Å². The van der Waals surface area contributed by atoms with Gasteiger partial charge >= 0.3 is 12.2 Å². The number of aryl methyl sites for hydroxylation is 2. The summed E-state index contributed by atoms with van der Waals surface area (Å²) < 4.78 is 44.0. The lowest BCUT2D eigenvalue weighted by Crippen LogP contribution is -2.45. The van der Waals surface area contributed by atoms with Gasteiger partial charge in [-0.3, -0.25) is 4.68 Å². The lowest BCUT2D eigenvalue weighted by atomic mass is 10.1. The fourth-order valence-corrected chi connectivity index (χ4v) is 3.69. The number of urea groups is 1. The highest BCUT2D eigenvalue weighted by Crippen LogP contribution is 2.33. The molecule has 1 N–H and O–H groups in total. The number of carbonyl (C=O) groups excluding carboxylic acids is 1. The number of aromatic nitrogens is 3. The van der Waals surface area contributed by atoms with E-state index in [1.165, 1.54) is 22.8 Å². The maximum Gasteiger partial charge on any atom is 0.413 e. The van der Waals surface area contributed by atoms with Crippen molar-refractivity contribution in [3.63, 3.8) is 0 Å². The number of benzene rings is 1. The van der Waals surface area contributed by atoms with Gasteiger partial charge in [0.1, 0.15) is 0 Å². The van der Waals surface area contributed by atoms with Crippen LogP contribution in [0.15, 0.2) is 42.7 Å². The first kappa shape index (κ1) is 18.4. The number of alkyl halides is 3. The lowest BCUT2D eigenvalue weighted by molar-refractivity contribution is -0.155. The highest BCUT2D eigenvalue weighted by Gasteiger charge is 2.43. The zero-order chi connectivity index (χ0) is 19.9. The molecular weight excluding hydrogens is 371 g/mol. The summed E-state index contributed by atoms with van der Waals surface area (Å²) in [6, 6.07) is 7.05. The molecule has 28 heavy (non-hydrogen) atoms. The molecular formula is C19H20F3N5O. The van der Waals surface area contributed by atoms with E-state index in [1.54, 1.807) is 0 Å². The van der Waals surface area contributed by atoms with Crippen LogP contribution < -0.4 is 5.32 Å². The largest absolute Gasteiger partial charge is 0.413 e. The van der Waals surface area contributed by atoms with Crippen LogP contribution in [0.4, 0.5) is 18.0 Å². The van der Waals surface area contributed by atoms with Crippen LogP contribution in [0.2, 0.25) is 0 Å². The van der Waals surface area contributed by atoms with Gasteiger partial charge in [-0.25, -0.2) is 4.79 Å². The van der Waals surface area contributed by atoms with Crippen molar-refractivity contribution < 1.29 is 18.0 Å². The Labute approximate surface area is 159 Å². The molecule has 4 rings (SSSR count). The van der Waals surface area contributed by atoms with Crippen molar-refractivity contribution in [1.29, 1.82) is 0 Å². The molecule has 3 aromatic rings. The third-order valence-electron chi connectivity index (χ3n) is 5.00. The number of nitrogens with one attached hydrogen (secondary N) is 1. The van der Waals surface area contributed by atoms with Gasteiger partial charge in [-0.15, -0.1) is 0 Å². The van der Waals surface area contributed by atoms with E-state index in [0.717, 1.165) is 29.3 Å². The molecule has 9 heteroatoms. The Bertz CT molecular complexity index is 1010. The number of nitrogens with zero attached hydrogens (tertiary/aromatic N) is 4. The molecule has 0 bridgehead atoms. The molecule has 3 heterocycles. The van der Waals surface area contributed by atoms with E-state index < -0.39 is 18.2 Å². The molecule has 2 aromatic heterocycles. The summed E-state index contributed by atoms with van der Waals surface area (Å²) in [5.74, 6) is 0. The monoisotopic (exact) mass is 391 g/mol. The van der Waals surface area contributed by atoms with Crippen LogP contribution in [-0.2, 0) is 20.1 Å². The summed E-state index contributed by atoms with van der Waals surface area (Å²) in [6.07, 6.45) is -1.56. The molecule has 0 aliphatic carbocycles. The number of carbonyl (C=O) groups is 1. The predicted molar refractivity (Wildman–Crippen MR) is 97.5 cm³/mol. The number of amides is 2. The van der Waals surface area contributed by atoms with E-state index in [-0.39, 0.29) is 12.1 Å². The number of para-hydroxylation sites is 1. The van der Waals surface area contributed by atoms with Crippen molar-refractivity contribution in [3.05, 3.63) is 54.0 Å². The highest BCUT2D eigenvalue weighted by atomic mass is 19.4. The molecule has 0 spiro atoms. The van der Waals surface area contributed by atoms with Crippen molar-refractivity contribution >= 4 is 16.9 Å². The number of halogens is 3. The van der Waals surface area contributed by atoms with Gasteiger partial charge in [-0.2, -0.15) is 18.3 Å². The second-order valence-corrected chi connectivity index (χ2v) is 6.99. The fraction of sp³-hybridized carbons (Fsp3) is 0.368. The summed E-state index contributed by atoms with van der Waals surface area (Å²) in [5.41, 5.74) is 1.90. The second kappa shape index (κ2) is 6.88. The molecule has 0 radical (unpaired) electrons. The SMILES string of the molecule is Cn1cc([C@@H](NC(=O)N2CCCn3c(cc4ccccc43)C2)C(F)(F)F)cn1. The minimum absolute atomic E-state index is 0.0905. The van der Waals surface area contributed by atoms with E-state index in [0.29, 0.717) is 13.0 Å². The average molecular weight is 391 g/mol. The molecule has 0 saturated heterocycles. The Morgan fingerprint density at radius 2 is 2.04 bits per heavy atom. The van der Waals surface area contributed by atoms with Crippen molar-refractivity contribution in [2.75, 3.05) is 6.54 Å². The summed E-state index contributed by atoms with van der Waals surface area (Å²) in [7, 11) is 1.53. The van der Waals surface area contributed by atoms with Crippen molar-refractivity contribution in [3.8, 4) is 0 Å². The van der Waals surface area contributed by atoms with E-state index in [4.69, 9.17) is 0 Å². The van der Waals surface area contributed by atoms with Gasteiger partial charge in [0.25, 0.3) is 0 Å². The summed E-state index contributed by atoms with van der Waals surface area (Å²) in [4.78, 5) is 14.1. The summed E-state index contributed by atoms with van der Waals surface area (Å²) in [5, 5.41) is 6.99. The van der Waals surface area contributed by atoms with Crippen LogP contribution in [0, 0.1) is 0 Å². The number of hydrogen-bond acceptors (Lipinski definition) is 2. The average Bonchev–Trinajstić information content (AvgIpc) is 3.14. The molecule has 2 amide bonds. The zero-order valence-corrected chi connectivity index (χ0v) is 15.3. The molecule has 0 fully saturated rings. The Hall–Kier alpha value is -2.97. The number of rotatable bonds is 2. The maximum atomic E-state index is 13.5. The van der Waals surface area contributed by atoms with Crippen LogP contribution in [0.1, 0.15) is 23.7 Å². The van der Waals surface area contributed by atoms with Crippen LogP contribution in [0.25, 0.3) is 10.9 Å². The first-order chi connectivity index (χ1) is 13.3. The van der Waals surface area contributed by atoms with E-state index in [2.05, 4.69) is 15.0 Å². The highest BCUT2D eigenvalue weighted by molar-refractivity contribution is 5.82. The first-order valence-corrected chi connectivity index (χ1v) is 9.01. The third kappa shape index (κ3) is 3.44. The van der Waals surface area contributed by atoms with Crippen molar-refractivity contribution in [2.24, 2.45) is 7.05 Å². The van der Waals surface area contributed by atoms with Gasteiger partial charge in [-0.05, 0) is 23.9 Å². The van der Waals surface area contributed by atoms with Gasteiger partial charge < -0.3 is 14.8 Å². The molecule has 6 nitrogen and oxygen atoms in total. The van der Waals surface area contributed by atoms with Gasteiger partial charge in [0.05, 0.1) is 12.7 Å². The topological polar surface area (TPSA) is 55.1 Å². The fourth-order valence-electron chi connectivity index (χ4n) is 3.69. The van der Waals surface area contributed by atoms with Gasteiger partial charge in [0.15, 0.2) is 6.04 Å². The minimum Gasteiger partial charge on any atom is -0.343 e. The summed E-state index contributed by atoms with van der Waals surface area (Å²) in [6.45, 7) is 1.37. The Kier molecular flexibility index (Phi) is 4.52. The number of fused-ring (bicyclic) bond motifs is 3. The van der Waals surface area contributed by atoms with E-state index in [9.17, 15) is 18.0 Å². The normalized spacial score (nSPS) is 15.9. The molecule has 1 aromatic carbocycles. The molecule has 148 valence electrons.